The molecule has 1 unspecified atom stereocenters. The first-order valence-corrected chi connectivity index (χ1v) is 16.3. The summed E-state index contributed by atoms with van der Waals surface area (Å²) in [5.41, 5.74) is 9.30. The molecule has 1 N–H and O–H groups in total. The quantitative estimate of drug-likeness (QED) is 0.127. The smallest absolute Gasteiger partial charge is 0.163 e. The number of fused-ring (bicyclic) bond motifs is 3. The molecule has 0 saturated heterocycles. The number of hydrogen-bond donors (Lipinski definition) is 1. The van der Waals surface area contributed by atoms with E-state index in [-0.39, 0.29) is 5.92 Å². The van der Waals surface area contributed by atoms with Gasteiger partial charge in [-0.15, -0.1) is 6.58 Å². The number of pyridine rings is 1. The van der Waals surface area contributed by atoms with Crippen LogP contribution in [0.1, 0.15) is 18.2 Å². The highest BCUT2D eigenvalue weighted by molar-refractivity contribution is 6.10. The van der Waals surface area contributed by atoms with Gasteiger partial charge >= 0.3 is 0 Å². The van der Waals surface area contributed by atoms with Gasteiger partial charge in [0.15, 0.2) is 11.6 Å². The summed E-state index contributed by atoms with van der Waals surface area (Å²) in [5, 5.41) is 10.2. The standard InChI is InChI=1S/C43H32N6/c1-2-29(21-24-44)41-46-42(32-22-25-45-26-23-32)48-43(47-41)33-27-36(30-13-5-3-6-14-30)40(37(28-33)31-15-7-4-8-16-31)49-38-19-11-9-17-34(38)35-18-10-12-20-39(35)49/h2-20,22-29,44H,1,21H2. The molecular weight excluding hydrogens is 601 g/mol. The van der Waals surface area contributed by atoms with E-state index < -0.39 is 0 Å². The van der Waals surface area contributed by atoms with Gasteiger partial charge in [0.2, 0.25) is 0 Å². The second kappa shape index (κ2) is 12.9. The predicted molar refractivity (Wildman–Crippen MR) is 200 cm³/mol. The van der Waals surface area contributed by atoms with Crippen molar-refractivity contribution in [1.82, 2.24) is 24.5 Å². The zero-order valence-corrected chi connectivity index (χ0v) is 26.7. The number of rotatable bonds is 9. The lowest BCUT2D eigenvalue weighted by Crippen LogP contribution is -2.08. The second-order valence-corrected chi connectivity index (χ2v) is 11.9. The van der Waals surface area contributed by atoms with E-state index in [0.29, 0.717) is 23.9 Å². The van der Waals surface area contributed by atoms with Gasteiger partial charge in [0.25, 0.3) is 0 Å². The Morgan fingerprint density at radius 3 is 1.63 bits per heavy atom. The van der Waals surface area contributed by atoms with Gasteiger partial charge in [-0.2, -0.15) is 0 Å². The van der Waals surface area contributed by atoms with E-state index in [1.54, 1.807) is 18.5 Å². The molecule has 0 saturated carbocycles. The van der Waals surface area contributed by atoms with Crippen molar-refractivity contribution < 1.29 is 0 Å². The van der Waals surface area contributed by atoms with Gasteiger partial charge in [-0.25, -0.2) is 15.0 Å². The third-order valence-corrected chi connectivity index (χ3v) is 8.92. The Morgan fingerprint density at radius 2 is 1.10 bits per heavy atom. The summed E-state index contributed by atoms with van der Waals surface area (Å²) < 4.78 is 2.40. The van der Waals surface area contributed by atoms with Gasteiger partial charge in [-0.1, -0.05) is 103 Å². The maximum absolute atomic E-state index is 7.82. The molecule has 234 valence electrons. The molecule has 0 amide bonds. The summed E-state index contributed by atoms with van der Waals surface area (Å²) in [5.74, 6) is 1.44. The highest BCUT2D eigenvalue weighted by Crippen LogP contribution is 2.43. The Hall–Kier alpha value is -6.53. The topological polar surface area (TPSA) is 80.3 Å². The van der Waals surface area contributed by atoms with Crippen molar-refractivity contribution in [1.29, 1.82) is 5.41 Å². The van der Waals surface area contributed by atoms with Crippen molar-refractivity contribution in [2.75, 3.05) is 0 Å². The molecular formula is C43H32N6. The summed E-state index contributed by atoms with van der Waals surface area (Å²) in [7, 11) is 0. The van der Waals surface area contributed by atoms with Gasteiger partial charge in [0, 0.05) is 51.3 Å². The second-order valence-electron chi connectivity index (χ2n) is 11.9. The van der Waals surface area contributed by atoms with Gasteiger partial charge in [-0.05, 0) is 60.2 Å². The van der Waals surface area contributed by atoms with Crippen molar-refractivity contribution in [3.05, 3.63) is 164 Å². The molecule has 1 atom stereocenters. The monoisotopic (exact) mass is 632 g/mol. The number of allylic oxidation sites excluding steroid dienone is 1. The minimum absolute atomic E-state index is 0.237. The van der Waals surface area contributed by atoms with E-state index in [1.807, 2.05) is 24.3 Å². The first-order valence-electron chi connectivity index (χ1n) is 16.3. The van der Waals surface area contributed by atoms with Crippen molar-refractivity contribution in [2.24, 2.45) is 0 Å². The average Bonchev–Trinajstić information content (AvgIpc) is 3.51. The van der Waals surface area contributed by atoms with Gasteiger partial charge in [0.05, 0.1) is 16.7 Å². The van der Waals surface area contributed by atoms with E-state index in [9.17, 15) is 0 Å². The Balaban J connectivity index is 1.49. The maximum atomic E-state index is 7.82. The van der Waals surface area contributed by atoms with Crippen molar-refractivity contribution in [2.45, 2.75) is 12.3 Å². The minimum atomic E-state index is -0.237. The highest BCUT2D eigenvalue weighted by Gasteiger charge is 2.23. The molecule has 8 aromatic rings. The van der Waals surface area contributed by atoms with E-state index in [2.05, 4.69) is 125 Å². The van der Waals surface area contributed by atoms with Crippen LogP contribution in [-0.4, -0.2) is 30.7 Å². The molecule has 49 heavy (non-hydrogen) atoms. The van der Waals surface area contributed by atoms with Crippen LogP contribution in [0.5, 0.6) is 0 Å². The van der Waals surface area contributed by atoms with E-state index in [4.69, 9.17) is 20.4 Å². The molecule has 0 spiro atoms. The van der Waals surface area contributed by atoms with E-state index >= 15 is 0 Å². The zero-order valence-electron chi connectivity index (χ0n) is 26.7. The number of para-hydroxylation sites is 2. The molecule has 8 rings (SSSR count). The van der Waals surface area contributed by atoms with E-state index in [0.717, 1.165) is 50.1 Å². The zero-order chi connectivity index (χ0) is 33.2. The van der Waals surface area contributed by atoms with Gasteiger partial charge in [-0.3, -0.25) is 4.98 Å². The summed E-state index contributed by atoms with van der Waals surface area (Å²) in [6.45, 7) is 4.04. The lowest BCUT2D eigenvalue weighted by Gasteiger charge is -2.21. The minimum Gasteiger partial charge on any atom is -0.313 e. The number of benzene rings is 5. The molecule has 0 radical (unpaired) electrons. The summed E-state index contributed by atoms with van der Waals surface area (Å²) in [6, 6.07) is 46.5. The largest absolute Gasteiger partial charge is 0.313 e. The number of nitrogens with one attached hydrogen (secondary N) is 1. The van der Waals surface area contributed by atoms with Crippen LogP contribution in [0.2, 0.25) is 0 Å². The first-order chi connectivity index (χ1) is 24.2. The SMILES string of the molecule is C=CC(CC=N)c1nc(-c2ccncc2)nc(-c2cc(-c3ccccc3)c(-n3c4ccccc4c4ccccc43)c(-c3ccccc3)c2)n1. The van der Waals surface area contributed by atoms with Crippen LogP contribution in [0.25, 0.3) is 72.5 Å². The molecule has 0 fully saturated rings. The van der Waals surface area contributed by atoms with Crippen LogP contribution in [0, 0.1) is 5.41 Å². The lowest BCUT2D eigenvalue weighted by atomic mass is 9.92. The third-order valence-electron chi connectivity index (χ3n) is 8.92. The molecule has 3 aromatic heterocycles. The first kappa shape index (κ1) is 29.8. The van der Waals surface area contributed by atoms with Gasteiger partial charge < -0.3 is 9.98 Å². The number of aromatic nitrogens is 5. The average molecular weight is 633 g/mol. The molecule has 0 aliphatic heterocycles. The molecule has 0 bridgehead atoms. The summed E-state index contributed by atoms with van der Waals surface area (Å²) >= 11 is 0. The fourth-order valence-corrected chi connectivity index (χ4v) is 6.59. The van der Waals surface area contributed by atoms with E-state index in [1.165, 1.54) is 17.0 Å². The van der Waals surface area contributed by atoms with Crippen LogP contribution in [0.15, 0.2) is 159 Å². The maximum Gasteiger partial charge on any atom is 0.163 e. The Morgan fingerprint density at radius 1 is 0.592 bits per heavy atom. The molecule has 3 heterocycles. The molecule has 5 aromatic carbocycles. The fourth-order valence-electron chi connectivity index (χ4n) is 6.59. The summed E-state index contributed by atoms with van der Waals surface area (Å²) in [4.78, 5) is 19.2. The number of hydrogen-bond acceptors (Lipinski definition) is 5. The van der Waals surface area contributed by atoms with Crippen molar-refractivity contribution >= 4 is 28.0 Å². The van der Waals surface area contributed by atoms with Crippen LogP contribution in [0.4, 0.5) is 0 Å². The molecule has 6 nitrogen and oxygen atoms in total. The van der Waals surface area contributed by atoms with Crippen LogP contribution >= 0.6 is 0 Å². The predicted octanol–water partition coefficient (Wildman–Crippen LogP) is 10.3. The van der Waals surface area contributed by atoms with Crippen LogP contribution in [0.3, 0.4) is 0 Å². The fraction of sp³-hybridized carbons (Fsp3) is 0.0465. The molecule has 6 heteroatoms. The Kier molecular flexibility index (Phi) is 7.88. The highest BCUT2D eigenvalue weighted by atomic mass is 15.0. The number of nitrogens with zero attached hydrogens (tertiary/aromatic N) is 5. The summed E-state index contributed by atoms with van der Waals surface area (Å²) in [6.07, 6.45) is 7.10. The van der Waals surface area contributed by atoms with Crippen molar-refractivity contribution in [3.8, 4) is 50.7 Å². The van der Waals surface area contributed by atoms with Gasteiger partial charge in [0.1, 0.15) is 5.82 Å². The van der Waals surface area contributed by atoms with Crippen LogP contribution in [-0.2, 0) is 0 Å². The molecule has 0 aliphatic carbocycles. The Bertz CT molecular complexity index is 2340. The van der Waals surface area contributed by atoms with Crippen molar-refractivity contribution in [3.63, 3.8) is 0 Å². The Labute approximate surface area is 284 Å². The normalized spacial score (nSPS) is 11.8. The third kappa shape index (κ3) is 5.49. The molecule has 0 aliphatic rings. The van der Waals surface area contributed by atoms with Crippen LogP contribution < -0.4 is 0 Å². The lowest BCUT2D eigenvalue weighted by molar-refractivity contribution is 0.793.